The van der Waals surface area contributed by atoms with Crippen LogP contribution in [0.15, 0.2) is 16.7 Å². The van der Waals surface area contributed by atoms with Crippen LogP contribution >= 0.6 is 11.6 Å². The number of carbonyl (C=O) groups is 1. The van der Waals surface area contributed by atoms with Gasteiger partial charge in [0.2, 0.25) is 5.22 Å². The summed E-state index contributed by atoms with van der Waals surface area (Å²) in [6.07, 6.45) is 6.10. The molecule has 0 radical (unpaired) electrons. The van der Waals surface area contributed by atoms with Crippen LogP contribution in [0.4, 0.5) is 0 Å². The quantitative estimate of drug-likeness (QED) is 0.923. The van der Waals surface area contributed by atoms with Crippen molar-refractivity contribution in [1.82, 2.24) is 10.2 Å². The molecule has 1 aliphatic carbocycles. The SMILES string of the molecule is O=C(c1ccoc1Cl)N(CC1CCCNC1)C1CC1. The molecule has 1 aromatic heterocycles. The molecule has 1 unspecified atom stereocenters. The first kappa shape index (κ1) is 13.0. The minimum absolute atomic E-state index is 0.0202. The fourth-order valence-electron chi connectivity index (χ4n) is 2.74. The molecule has 1 aromatic rings. The van der Waals surface area contributed by atoms with Crippen molar-refractivity contribution >= 4 is 17.5 Å². The standard InChI is InChI=1S/C14H19ClN2O2/c15-13-12(5-7-19-13)14(18)17(11-3-4-11)9-10-2-1-6-16-8-10/h5,7,10-11,16H,1-4,6,8-9H2. The van der Waals surface area contributed by atoms with Gasteiger partial charge in [-0.2, -0.15) is 0 Å². The number of piperidine rings is 1. The van der Waals surface area contributed by atoms with Gasteiger partial charge in [0.15, 0.2) is 0 Å². The summed E-state index contributed by atoms with van der Waals surface area (Å²) < 4.78 is 5.03. The summed E-state index contributed by atoms with van der Waals surface area (Å²) in [4.78, 5) is 14.5. The largest absolute Gasteiger partial charge is 0.452 e. The third-order valence-electron chi connectivity index (χ3n) is 3.95. The molecule has 2 fully saturated rings. The van der Waals surface area contributed by atoms with E-state index in [9.17, 15) is 4.79 Å². The van der Waals surface area contributed by atoms with E-state index in [1.807, 2.05) is 4.90 Å². The summed E-state index contributed by atoms with van der Waals surface area (Å²) in [6.45, 7) is 2.94. The van der Waals surface area contributed by atoms with Gasteiger partial charge in [-0.15, -0.1) is 0 Å². The normalized spacial score (nSPS) is 23.3. The van der Waals surface area contributed by atoms with Gasteiger partial charge in [-0.3, -0.25) is 4.79 Å². The fourth-order valence-corrected chi connectivity index (χ4v) is 2.94. The lowest BCUT2D eigenvalue weighted by Crippen LogP contribution is -2.42. The third-order valence-corrected chi connectivity index (χ3v) is 4.24. The smallest absolute Gasteiger partial charge is 0.258 e. The second-order valence-electron chi connectivity index (χ2n) is 5.51. The zero-order valence-electron chi connectivity index (χ0n) is 10.9. The minimum Gasteiger partial charge on any atom is -0.452 e. The molecule has 5 heteroatoms. The van der Waals surface area contributed by atoms with Gasteiger partial charge in [-0.1, -0.05) is 0 Å². The van der Waals surface area contributed by atoms with E-state index in [1.165, 1.54) is 19.1 Å². The third kappa shape index (κ3) is 2.95. The lowest BCUT2D eigenvalue weighted by Gasteiger charge is -2.30. The van der Waals surface area contributed by atoms with Crippen molar-refractivity contribution in [2.45, 2.75) is 31.7 Å². The maximum Gasteiger partial charge on any atom is 0.258 e. The molecule has 1 amide bonds. The maximum atomic E-state index is 12.5. The molecule has 0 aromatic carbocycles. The van der Waals surface area contributed by atoms with Gasteiger partial charge in [-0.25, -0.2) is 0 Å². The zero-order chi connectivity index (χ0) is 13.2. The molecule has 3 rings (SSSR count). The van der Waals surface area contributed by atoms with E-state index in [0.717, 1.165) is 32.5 Å². The molecule has 2 aliphatic rings. The Kier molecular flexibility index (Phi) is 3.80. The van der Waals surface area contributed by atoms with Crippen molar-refractivity contribution < 1.29 is 9.21 Å². The average molecular weight is 283 g/mol. The van der Waals surface area contributed by atoms with E-state index < -0.39 is 0 Å². The highest BCUT2D eigenvalue weighted by Gasteiger charge is 2.35. The Labute approximate surface area is 118 Å². The van der Waals surface area contributed by atoms with Crippen LogP contribution in [0, 0.1) is 5.92 Å². The first-order valence-electron chi connectivity index (χ1n) is 7.00. The van der Waals surface area contributed by atoms with Crippen LogP contribution in [0.3, 0.4) is 0 Å². The van der Waals surface area contributed by atoms with Crippen molar-refractivity contribution in [3.05, 3.63) is 23.1 Å². The second-order valence-corrected chi connectivity index (χ2v) is 5.85. The topological polar surface area (TPSA) is 45.5 Å². The Hall–Kier alpha value is -1.00. The summed E-state index contributed by atoms with van der Waals surface area (Å²) >= 11 is 5.92. The Balaban J connectivity index is 1.70. The maximum absolute atomic E-state index is 12.5. The van der Waals surface area contributed by atoms with Crippen molar-refractivity contribution in [2.24, 2.45) is 5.92 Å². The Morgan fingerprint density at radius 1 is 1.47 bits per heavy atom. The number of hydrogen-bond donors (Lipinski definition) is 1. The molecule has 1 N–H and O–H groups in total. The zero-order valence-corrected chi connectivity index (χ0v) is 11.7. The van der Waals surface area contributed by atoms with Crippen molar-refractivity contribution in [3.8, 4) is 0 Å². The Morgan fingerprint density at radius 3 is 2.89 bits per heavy atom. The van der Waals surface area contributed by atoms with Crippen LogP contribution in [-0.4, -0.2) is 36.5 Å². The minimum atomic E-state index is 0.0202. The number of carbonyl (C=O) groups excluding carboxylic acids is 1. The highest BCUT2D eigenvalue weighted by atomic mass is 35.5. The van der Waals surface area contributed by atoms with Crippen LogP contribution < -0.4 is 5.32 Å². The van der Waals surface area contributed by atoms with E-state index in [0.29, 0.717) is 17.5 Å². The van der Waals surface area contributed by atoms with Gasteiger partial charge >= 0.3 is 0 Å². The van der Waals surface area contributed by atoms with Crippen LogP contribution in [-0.2, 0) is 0 Å². The van der Waals surface area contributed by atoms with Gasteiger partial charge in [0.05, 0.1) is 11.8 Å². The molecule has 1 atom stereocenters. The molecular formula is C14H19ClN2O2. The van der Waals surface area contributed by atoms with E-state index in [1.54, 1.807) is 6.07 Å². The lowest BCUT2D eigenvalue weighted by atomic mass is 9.98. The number of nitrogens with zero attached hydrogens (tertiary/aromatic N) is 1. The number of hydrogen-bond acceptors (Lipinski definition) is 3. The molecule has 0 bridgehead atoms. The molecule has 1 saturated heterocycles. The summed E-state index contributed by atoms with van der Waals surface area (Å²) in [5, 5.41) is 3.61. The Bertz CT molecular complexity index is 450. The van der Waals surface area contributed by atoms with Gasteiger partial charge in [0.25, 0.3) is 5.91 Å². The van der Waals surface area contributed by atoms with Gasteiger partial charge in [0.1, 0.15) is 0 Å². The molecule has 1 aliphatic heterocycles. The van der Waals surface area contributed by atoms with Gasteiger partial charge in [0, 0.05) is 12.6 Å². The molecule has 1 saturated carbocycles. The van der Waals surface area contributed by atoms with Crippen LogP contribution in [0.2, 0.25) is 5.22 Å². The number of nitrogens with one attached hydrogen (secondary N) is 1. The first-order chi connectivity index (χ1) is 9.25. The average Bonchev–Trinajstić information content (AvgIpc) is 3.18. The summed E-state index contributed by atoms with van der Waals surface area (Å²) in [6, 6.07) is 2.07. The molecule has 19 heavy (non-hydrogen) atoms. The summed E-state index contributed by atoms with van der Waals surface area (Å²) in [5.41, 5.74) is 0.498. The molecule has 4 nitrogen and oxygen atoms in total. The molecule has 0 spiro atoms. The van der Waals surface area contributed by atoms with Crippen molar-refractivity contribution in [2.75, 3.05) is 19.6 Å². The fraction of sp³-hybridized carbons (Fsp3) is 0.643. The number of amides is 1. The number of halogens is 1. The van der Waals surface area contributed by atoms with Gasteiger partial charge < -0.3 is 14.6 Å². The van der Waals surface area contributed by atoms with E-state index in [2.05, 4.69) is 5.32 Å². The molecule has 104 valence electrons. The van der Waals surface area contributed by atoms with E-state index in [4.69, 9.17) is 16.0 Å². The monoisotopic (exact) mass is 282 g/mol. The van der Waals surface area contributed by atoms with Crippen molar-refractivity contribution in [3.63, 3.8) is 0 Å². The highest BCUT2D eigenvalue weighted by molar-refractivity contribution is 6.32. The van der Waals surface area contributed by atoms with Crippen LogP contribution in [0.25, 0.3) is 0 Å². The predicted octanol–water partition coefficient (Wildman–Crippen LogP) is 2.54. The summed E-state index contributed by atoms with van der Waals surface area (Å²) in [5.74, 6) is 0.579. The number of furan rings is 1. The predicted molar refractivity (Wildman–Crippen MR) is 73.4 cm³/mol. The van der Waals surface area contributed by atoms with Crippen molar-refractivity contribution in [1.29, 1.82) is 0 Å². The van der Waals surface area contributed by atoms with Crippen LogP contribution in [0.5, 0.6) is 0 Å². The first-order valence-corrected chi connectivity index (χ1v) is 7.38. The lowest BCUT2D eigenvalue weighted by molar-refractivity contribution is 0.0703. The van der Waals surface area contributed by atoms with Gasteiger partial charge in [-0.05, 0) is 62.4 Å². The summed E-state index contributed by atoms with van der Waals surface area (Å²) in [7, 11) is 0. The molecular weight excluding hydrogens is 264 g/mol. The van der Waals surface area contributed by atoms with Crippen LogP contribution in [0.1, 0.15) is 36.0 Å². The van der Waals surface area contributed by atoms with E-state index in [-0.39, 0.29) is 11.1 Å². The highest BCUT2D eigenvalue weighted by Crippen LogP contribution is 2.31. The van der Waals surface area contributed by atoms with E-state index >= 15 is 0 Å². The second kappa shape index (κ2) is 5.55. The number of rotatable bonds is 4. The Morgan fingerprint density at radius 2 is 2.32 bits per heavy atom. The molecule has 2 heterocycles.